The zero-order valence-electron chi connectivity index (χ0n) is 18.6. The summed E-state index contributed by atoms with van der Waals surface area (Å²) in [5, 5.41) is 0.601. The van der Waals surface area contributed by atoms with Crippen LogP contribution in [-0.2, 0) is 16.1 Å². The van der Waals surface area contributed by atoms with Crippen LogP contribution < -0.4 is 5.56 Å². The first-order valence-electron chi connectivity index (χ1n) is 11.4. The highest BCUT2D eigenvalue weighted by molar-refractivity contribution is 5.80. The minimum Gasteiger partial charge on any atom is -0.383 e. The van der Waals surface area contributed by atoms with Crippen molar-refractivity contribution < 1.29 is 9.53 Å². The van der Waals surface area contributed by atoms with E-state index >= 15 is 0 Å². The number of carbonyl (C=O) groups is 1. The number of ether oxygens (including phenoxy) is 1. The zero-order valence-corrected chi connectivity index (χ0v) is 18.6. The average Bonchev–Trinajstić information content (AvgIpc) is 3.30. The van der Waals surface area contributed by atoms with Gasteiger partial charge in [0, 0.05) is 19.6 Å². The average molecular weight is 414 g/mol. The van der Waals surface area contributed by atoms with E-state index in [1.807, 2.05) is 36.1 Å². The third kappa shape index (κ3) is 4.91. The van der Waals surface area contributed by atoms with Crippen molar-refractivity contribution in [2.45, 2.75) is 71.4 Å². The molecule has 1 aliphatic carbocycles. The van der Waals surface area contributed by atoms with E-state index in [2.05, 4.69) is 6.92 Å². The lowest BCUT2D eigenvalue weighted by molar-refractivity contribution is -0.138. The molecule has 3 rings (SSSR count). The Morgan fingerprint density at radius 3 is 2.70 bits per heavy atom. The summed E-state index contributed by atoms with van der Waals surface area (Å²) >= 11 is 0. The van der Waals surface area contributed by atoms with Gasteiger partial charge < -0.3 is 9.64 Å². The summed E-state index contributed by atoms with van der Waals surface area (Å²) in [6.45, 7) is 5.73. The molecule has 0 saturated heterocycles. The number of nitrogens with zero attached hydrogens (tertiary/aromatic N) is 3. The molecule has 0 radical (unpaired) electrons. The van der Waals surface area contributed by atoms with E-state index in [0.29, 0.717) is 36.4 Å². The Kier molecular flexibility index (Phi) is 8.02. The van der Waals surface area contributed by atoms with E-state index in [-0.39, 0.29) is 23.4 Å². The molecule has 6 heteroatoms. The third-order valence-corrected chi connectivity index (χ3v) is 6.24. The molecule has 0 N–H and O–H groups in total. The van der Waals surface area contributed by atoms with Gasteiger partial charge in [-0.1, -0.05) is 44.7 Å². The molecule has 6 nitrogen and oxygen atoms in total. The minimum atomic E-state index is -0.260. The number of carbonyl (C=O) groups excluding carboxylic acids is 1. The maximum atomic E-state index is 13.4. The summed E-state index contributed by atoms with van der Waals surface area (Å²) in [6, 6.07) is 7.17. The molecule has 1 fully saturated rings. The van der Waals surface area contributed by atoms with Crippen LogP contribution in [0, 0.1) is 5.92 Å². The number of amides is 1. The summed E-state index contributed by atoms with van der Waals surface area (Å²) < 4.78 is 6.95. The highest BCUT2D eigenvalue weighted by atomic mass is 16.5. The van der Waals surface area contributed by atoms with Gasteiger partial charge in [0.15, 0.2) is 0 Å². The van der Waals surface area contributed by atoms with Gasteiger partial charge in [-0.3, -0.25) is 14.2 Å². The van der Waals surface area contributed by atoms with Gasteiger partial charge in [-0.25, -0.2) is 4.98 Å². The molecular weight excluding hydrogens is 378 g/mol. The molecule has 1 saturated carbocycles. The molecule has 1 atom stereocenters. The second-order valence-electron chi connectivity index (χ2n) is 8.33. The molecule has 1 aromatic heterocycles. The lowest BCUT2D eigenvalue weighted by Crippen LogP contribution is -2.41. The van der Waals surface area contributed by atoms with E-state index in [9.17, 15) is 9.59 Å². The lowest BCUT2D eigenvalue weighted by Gasteiger charge is -2.32. The van der Waals surface area contributed by atoms with Gasteiger partial charge in [0.25, 0.3) is 5.56 Å². The van der Waals surface area contributed by atoms with Crippen LogP contribution in [0.25, 0.3) is 10.9 Å². The van der Waals surface area contributed by atoms with Crippen molar-refractivity contribution in [3.63, 3.8) is 0 Å². The first-order chi connectivity index (χ1) is 14.6. The Morgan fingerprint density at radius 2 is 2.00 bits per heavy atom. The van der Waals surface area contributed by atoms with Gasteiger partial charge in [0.2, 0.25) is 5.91 Å². The number of methoxy groups -OCH3 is 1. The number of rotatable bonds is 10. The topological polar surface area (TPSA) is 64.4 Å². The van der Waals surface area contributed by atoms with E-state index in [0.717, 1.165) is 44.9 Å². The van der Waals surface area contributed by atoms with Crippen molar-refractivity contribution >= 4 is 16.8 Å². The predicted molar refractivity (Wildman–Crippen MR) is 119 cm³/mol. The van der Waals surface area contributed by atoms with Gasteiger partial charge >= 0.3 is 0 Å². The number of hydrogen-bond acceptors (Lipinski definition) is 4. The van der Waals surface area contributed by atoms with Crippen LogP contribution in [0.15, 0.2) is 29.1 Å². The molecule has 0 aliphatic heterocycles. The maximum absolute atomic E-state index is 13.4. The highest BCUT2D eigenvalue weighted by Gasteiger charge is 2.32. The minimum absolute atomic E-state index is 0.0682. The Labute approximate surface area is 179 Å². The summed E-state index contributed by atoms with van der Waals surface area (Å²) in [5.41, 5.74) is 0.612. The molecule has 0 bridgehead atoms. The SMILES string of the molecule is CCCCCN(C(=O)C1CCCC1)C(C)c1nc2ccccc2c(=O)n1CCOC. The lowest BCUT2D eigenvalue weighted by atomic mass is 10.0. The summed E-state index contributed by atoms with van der Waals surface area (Å²) in [7, 11) is 1.63. The molecule has 1 heterocycles. The number of hydrogen-bond donors (Lipinski definition) is 0. The number of benzene rings is 1. The van der Waals surface area contributed by atoms with E-state index in [4.69, 9.17) is 9.72 Å². The van der Waals surface area contributed by atoms with Crippen molar-refractivity contribution in [1.29, 1.82) is 0 Å². The molecule has 1 aliphatic rings. The number of unbranched alkanes of at least 4 members (excludes halogenated alkanes) is 2. The largest absolute Gasteiger partial charge is 0.383 e. The molecule has 2 aromatic rings. The van der Waals surface area contributed by atoms with Crippen molar-refractivity contribution in [3.05, 3.63) is 40.4 Å². The number of fused-ring (bicyclic) bond motifs is 1. The molecule has 1 unspecified atom stereocenters. The first kappa shape index (κ1) is 22.5. The van der Waals surface area contributed by atoms with Crippen LogP contribution in [0.2, 0.25) is 0 Å². The maximum Gasteiger partial charge on any atom is 0.261 e. The van der Waals surface area contributed by atoms with Crippen LogP contribution >= 0.6 is 0 Å². The summed E-state index contributed by atoms with van der Waals surface area (Å²) in [5.74, 6) is 0.976. The second-order valence-corrected chi connectivity index (χ2v) is 8.33. The third-order valence-electron chi connectivity index (χ3n) is 6.24. The van der Waals surface area contributed by atoms with Gasteiger partial charge in [0.05, 0.1) is 30.1 Å². The molecule has 0 spiro atoms. The van der Waals surface area contributed by atoms with Crippen molar-refractivity contribution in [3.8, 4) is 0 Å². The van der Waals surface area contributed by atoms with Crippen LogP contribution in [0.5, 0.6) is 0 Å². The van der Waals surface area contributed by atoms with Gasteiger partial charge in [-0.05, 0) is 38.3 Å². The molecule has 164 valence electrons. The summed E-state index contributed by atoms with van der Waals surface area (Å²) in [6.07, 6.45) is 7.35. The zero-order chi connectivity index (χ0) is 21.5. The van der Waals surface area contributed by atoms with Gasteiger partial charge in [-0.15, -0.1) is 0 Å². The van der Waals surface area contributed by atoms with E-state index < -0.39 is 0 Å². The Balaban J connectivity index is 2.01. The molecule has 1 aromatic carbocycles. The van der Waals surface area contributed by atoms with E-state index in [1.165, 1.54) is 0 Å². The van der Waals surface area contributed by atoms with Crippen LogP contribution in [-0.4, -0.2) is 40.6 Å². The fourth-order valence-electron chi connectivity index (χ4n) is 4.48. The Bertz CT molecular complexity index is 902. The van der Waals surface area contributed by atoms with Crippen LogP contribution in [0.4, 0.5) is 0 Å². The van der Waals surface area contributed by atoms with Crippen LogP contribution in [0.3, 0.4) is 0 Å². The smallest absolute Gasteiger partial charge is 0.261 e. The Hall–Kier alpha value is -2.21. The standard InChI is InChI=1S/C24H35N3O3/c1-4-5-10-15-26(23(28)19-11-6-7-12-19)18(2)22-25-21-14-9-8-13-20(21)24(29)27(22)16-17-30-3/h8-9,13-14,18-19H,4-7,10-12,15-17H2,1-3H3. The normalized spacial score (nSPS) is 15.6. The fraction of sp³-hybridized carbons (Fsp3) is 0.625. The quantitative estimate of drug-likeness (QED) is 0.545. The predicted octanol–water partition coefficient (Wildman–Crippen LogP) is 4.31. The van der Waals surface area contributed by atoms with Gasteiger partial charge in [-0.2, -0.15) is 0 Å². The summed E-state index contributed by atoms with van der Waals surface area (Å²) in [4.78, 5) is 33.5. The number of para-hydroxylation sites is 1. The second kappa shape index (κ2) is 10.7. The highest BCUT2D eigenvalue weighted by Crippen LogP contribution is 2.30. The number of aromatic nitrogens is 2. The van der Waals surface area contributed by atoms with Crippen molar-refractivity contribution in [2.75, 3.05) is 20.3 Å². The monoisotopic (exact) mass is 413 g/mol. The fourth-order valence-corrected chi connectivity index (χ4v) is 4.48. The Morgan fingerprint density at radius 1 is 1.27 bits per heavy atom. The molecule has 1 amide bonds. The van der Waals surface area contributed by atoms with Gasteiger partial charge in [0.1, 0.15) is 5.82 Å². The molecular formula is C24H35N3O3. The molecule has 30 heavy (non-hydrogen) atoms. The van der Waals surface area contributed by atoms with Crippen molar-refractivity contribution in [2.24, 2.45) is 5.92 Å². The van der Waals surface area contributed by atoms with E-state index in [1.54, 1.807) is 11.7 Å². The van der Waals surface area contributed by atoms with Crippen LogP contribution in [0.1, 0.15) is 70.7 Å². The van der Waals surface area contributed by atoms with Crippen molar-refractivity contribution in [1.82, 2.24) is 14.5 Å². The first-order valence-corrected chi connectivity index (χ1v) is 11.4.